The summed E-state index contributed by atoms with van der Waals surface area (Å²) in [5.74, 6) is 0.0694. The third kappa shape index (κ3) is 4.63. The van der Waals surface area contributed by atoms with Gasteiger partial charge in [-0.05, 0) is 43.7 Å². The zero-order valence-corrected chi connectivity index (χ0v) is 17.3. The number of amides is 3. The quantitative estimate of drug-likeness (QED) is 0.579. The molecule has 3 amide bonds. The Hall–Kier alpha value is -2.35. The molecule has 1 heterocycles. The Morgan fingerprint density at radius 1 is 1.17 bits per heavy atom. The molecule has 8 heteroatoms. The van der Waals surface area contributed by atoms with Gasteiger partial charge in [-0.15, -0.1) is 0 Å². The van der Waals surface area contributed by atoms with Crippen molar-refractivity contribution in [2.24, 2.45) is 5.92 Å². The molecule has 154 valence electrons. The number of rotatable bonds is 5. The summed E-state index contributed by atoms with van der Waals surface area (Å²) in [5, 5.41) is 6.46. The van der Waals surface area contributed by atoms with E-state index in [1.807, 2.05) is 12.1 Å². The molecule has 2 aliphatic carbocycles. The largest absolute Gasteiger partial charge is 0.335 e. The van der Waals surface area contributed by atoms with Crippen LogP contribution < -0.4 is 16.2 Å². The molecule has 2 N–H and O–H groups in total. The monoisotopic (exact) mass is 414 g/mol. The summed E-state index contributed by atoms with van der Waals surface area (Å²) in [4.78, 5) is 41.9. The topological polar surface area (TPSA) is 93.1 Å². The predicted molar refractivity (Wildman–Crippen MR) is 113 cm³/mol. The van der Waals surface area contributed by atoms with Gasteiger partial charge in [0.2, 0.25) is 5.91 Å². The molecule has 2 aromatic rings. The van der Waals surface area contributed by atoms with Crippen LogP contribution in [0, 0.1) is 5.92 Å². The fourth-order valence-corrected chi connectivity index (χ4v) is 4.78. The molecule has 1 aromatic heterocycles. The number of urea groups is 1. The third-order valence-electron chi connectivity index (χ3n) is 5.70. The van der Waals surface area contributed by atoms with E-state index in [0.717, 1.165) is 32.1 Å². The fraction of sp³-hybridized carbons (Fsp3) is 0.524. The first-order chi connectivity index (χ1) is 14.0. The number of fused-ring (bicyclic) bond motifs is 1. The van der Waals surface area contributed by atoms with Crippen molar-refractivity contribution in [3.05, 3.63) is 34.6 Å². The number of hydrogen-bond donors (Lipinski definition) is 2. The van der Waals surface area contributed by atoms with Gasteiger partial charge in [-0.3, -0.25) is 19.5 Å². The van der Waals surface area contributed by atoms with Crippen LogP contribution in [0.15, 0.2) is 34.2 Å². The lowest BCUT2D eigenvalue weighted by molar-refractivity contribution is -0.117. The van der Waals surface area contributed by atoms with Crippen molar-refractivity contribution in [2.45, 2.75) is 62.7 Å². The normalized spacial score (nSPS) is 21.7. The summed E-state index contributed by atoms with van der Waals surface area (Å²) in [6.45, 7) is 2.13. The molecule has 1 aromatic carbocycles. The van der Waals surface area contributed by atoms with E-state index in [1.165, 1.54) is 18.2 Å². The van der Waals surface area contributed by atoms with Gasteiger partial charge in [0.1, 0.15) is 0 Å². The van der Waals surface area contributed by atoms with Gasteiger partial charge in [-0.2, -0.15) is 0 Å². The first-order valence-electron chi connectivity index (χ1n) is 10.3. The Morgan fingerprint density at radius 2 is 1.93 bits per heavy atom. The molecule has 0 aliphatic heterocycles. The number of benzene rings is 1. The Morgan fingerprint density at radius 3 is 2.69 bits per heavy atom. The van der Waals surface area contributed by atoms with Crippen molar-refractivity contribution >= 4 is 34.6 Å². The number of para-hydroxylation sites is 1. The highest BCUT2D eigenvalue weighted by atomic mass is 32.2. The van der Waals surface area contributed by atoms with Crippen molar-refractivity contribution in [3.63, 3.8) is 0 Å². The average Bonchev–Trinajstić information content (AvgIpc) is 3.53. The molecule has 2 fully saturated rings. The number of imide groups is 1. The van der Waals surface area contributed by atoms with Gasteiger partial charge < -0.3 is 5.32 Å². The summed E-state index contributed by atoms with van der Waals surface area (Å²) in [5.41, 5.74) is 0.561. The number of nitrogens with one attached hydrogen (secondary N) is 2. The van der Waals surface area contributed by atoms with Gasteiger partial charge in [0.25, 0.3) is 5.56 Å². The lowest BCUT2D eigenvalue weighted by atomic mass is 9.86. The summed E-state index contributed by atoms with van der Waals surface area (Å²) in [6, 6.07) is 7.08. The van der Waals surface area contributed by atoms with Crippen molar-refractivity contribution in [1.82, 2.24) is 20.2 Å². The summed E-state index contributed by atoms with van der Waals surface area (Å²) in [7, 11) is 0. The van der Waals surface area contributed by atoms with E-state index in [9.17, 15) is 14.4 Å². The smallest absolute Gasteiger partial charge is 0.321 e. The zero-order chi connectivity index (χ0) is 20.4. The molecule has 0 bridgehead atoms. The Bertz CT molecular complexity index is 986. The Labute approximate surface area is 173 Å². The summed E-state index contributed by atoms with van der Waals surface area (Å²) in [6.07, 6.45) is 6.24. The minimum Gasteiger partial charge on any atom is -0.335 e. The maximum absolute atomic E-state index is 12.9. The number of carbonyl (C=O) groups is 2. The summed E-state index contributed by atoms with van der Waals surface area (Å²) < 4.78 is 1.70. The fourth-order valence-electron chi connectivity index (χ4n) is 3.91. The Balaban J connectivity index is 1.40. The summed E-state index contributed by atoms with van der Waals surface area (Å²) >= 11 is 1.20. The molecular weight excluding hydrogens is 388 g/mol. The van der Waals surface area contributed by atoms with Crippen LogP contribution in [0.4, 0.5) is 4.79 Å². The van der Waals surface area contributed by atoms with Gasteiger partial charge >= 0.3 is 6.03 Å². The van der Waals surface area contributed by atoms with E-state index in [4.69, 9.17) is 0 Å². The maximum atomic E-state index is 12.9. The van der Waals surface area contributed by atoms with E-state index in [0.29, 0.717) is 22.0 Å². The highest BCUT2D eigenvalue weighted by Crippen LogP contribution is 2.36. The van der Waals surface area contributed by atoms with Crippen molar-refractivity contribution < 1.29 is 9.59 Å². The van der Waals surface area contributed by atoms with Gasteiger partial charge in [-0.25, -0.2) is 9.78 Å². The van der Waals surface area contributed by atoms with Gasteiger partial charge in [0.05, 0.1) is 16.7 Å². The molecular formula is C21H26N4O3S. The number of nitrogens with zero attached hydrogens (tertiary/aromatic N) is 2. The van der Waals surface area contributed by atoms with E-state index in [1.54, 1.807) is 16.7 Å². The molecule has 0 spiro atoms. The van der Waals surface area contributed by atoms with Crippen molar-refractivity contribution in [1.29, 1.82) is 0 Å². The molecule has 0 radical (unpaired) electrons. The average molecular weight is 415 g/mol. The molecule has 29 heavy (non-hydrogen) atoms. The van der Waals surface area contributed by atoms with E-state index in [2.05, 4.69) is 22.5 Å². The predicted octanol–water partition coefficient (Wildman–Crippen LogP) is 3.23. The van der Waals surface area contributed by atoms with Crippen LogP contribution in [0.1, 0.15) is 51.5 Å². The second-order valence-electron chi connectivity index (χ2n) is 8.00. The van der Waals surface area contributed by atoms with Gasteiger partial charge in [0.15, 0.2) is 5.16 Å². The molecule has 4 rings (SSSR count). The standard InChI is InChI=1S/C21H26N4O3S/c1-13-6-2-4-8-16(13)22-20(28)24-18(26)12-29-21-23-17-9-5-3-7-15(17)19(27)25(21)14-10-11-14/h3,5,7,9,13-14,16H,2,4,6,8,10-12H2,1H3,(H2,22,24,26,28)/t13-,16-/m1/s1. The van der Waals surface area contributed by atoms with Gasteiger partial charge in [-0.1, -0.05) is 43.7 Å². The molecule has 2 aliphatic rings. The van der Waals surface area contributed by atoms with Gasteiger partial charge in [0, 0.05) is 12.1 Å². The molecule has 0 saturated heterocycles. The van der Waals surface area contributed by atoms with Crippen LogP contribution in [-0.2, 0) is 4.79 Å². The highest BCUT2D eigenvalue weighted by Gasteiger charge is 2.29. The highest BCUT2D eigenvalue weighted by molar-refractivity contribution is 7.99. The number of thioether (sulfide) groups is 1. The lowest BCUT2D eigenvalue weighted by Crippen LogP contribution is -2.48. The van der Waals surface area contributed by atoms with Crippen LogP contribution in [-0.4, -0.2) is 33.3 Å². The second-order valence-corrected chi connectivity index (χ2v) is 8.94. The molecule has 2 saturated carbocycles. The molecule has 0 unspecified atom stereocenters. The molecule has 2 atom stereocenters. The first-order valence-corrected chi connectivity index (χ1v) is 11.3. The lowest BCUT2D eigenvalue weighted by Gasteiger charge is -2.29. The van der Waals surface area contributed by atoms with E-state index >= 15 is 0 Å². The third-order valence-corrected chi connectivity index (χ3v) is 6.65. The van der Waals surface area contributed by atoms with Crippen molar-refractivity contribution in [2.75, 3.05) is 5.75 Å². The minimum atomic E-state index is -0.444. The van der Waals surface area contributed by atoms with Crippen LogP contribution in [0.2, 0.25) is 0 Å². The second kappa shape index (κ2) is 8.57. The Kier molecular flexibility index (Phi) is 5.89. The molecule has 7 nitrogen and oxygen atoms in total. The van der Waals surface area contributed by atoms with E-state index in [-0.39, 0.29) is 29.3 Å². The maximum Gasteiger partial charge on any atom is 0.321 e. The first kappa shape index (κ1) is 19.9. The minimum absolute atomic E-state index is 0.0329. The van der Waals surface area contributed by atoms with Crippen LogP contribution >= 0.6 is 11.8 Å². The van der Waals surface area contributed by atoms with Crippen LogP contribution in [0.5, 0.6) is 0 Å². The SMILES string of the molecule is C[C@@H]1CCCC[C@H]1NC(=O)NC(=O)CSc1nc2ccccc2c(=O)n1C1CC1. The van der Waals surface area contributed by atoms with Crippen LogP contribution in [0.3, 0.4) is 0 Å². The van der Waals surface area contributed by atoms with Crippen molar-refractivity contribution in [3.8, 4) is 0 Å². The van der Waals surface area contributed by atoms with E-state index < -0.39 is 6.03 Å². The number of aromatic nitrogens is 2. The van der Waals surface area contributed by atoms with Crippen LogP contribution in [0.25, 0.3) is 10.9 Å². The zero-order valence-electron chi connectivity index (χ0n) is 16.5. The number of carbonyl (C=O) groups excluding carboxylic acids is 2. The number of hydrogen-bond acceptors (Lipinski definition) is 5.